The van der Waals surface area contributed by atoms with Crippen molar-refractivity contribution in [3.63, 3.8) is 0 Å². The van der Waals surface area contributed by atoms with Crippen molar-refractivity contribution < 1.29 is 4.74 Å². The van der Waals surface area contributed by atoms with E-state index in [9.17, 15) is 0 Å². The number of hydrogen-bond donors (Lipinski definition) is 1. The van der Waals surface area contributed by atoms with Crippen LogP contribution in [0.5, 0.6) is 5.75 Å². The second kappa shape index (κ2) is 6.10. The molecule has 1 aromatic carbocycles. The molecule has 0 saturated heterocycles. The van der Waals surface area contributed by atoms with Gasteiger partial charge in [0, 0.05) is 12.5 Å². The summed E-state index contributed by atoms with van der Waals surface area (Å²) in [6.45, 7) is 2.62. The zero-order valence-corrected chi connectivity index (χ0v) is 9.07. The molecule has 0 spiro atoms. The molecule has 80 valence electrons. The molecule has 0 fully saturated rings. The van der Waals surface area contributed by atoms with E-state index in [1.807, 2.05) is 31.2 Å². The normalized spacial score (nSPS) is 11.8. The lowest BCUT2D eigenvalue weighted by Gasteiger charge is -2.09. The van der Waals surface area contributed by atoms with Gasteiger partial charge in [0.25, 0.3) is 0 Å². The number of ether oxygens (including phenoxy) is 1. The summed E-state index contributed by atoms with van der Waals surface area (Å²) in [5, 5.41) is 0. The summed E-state index contributed by atoms with van der Waals surface area (Å²) < 4.78 is 5.55. The van der Waals surface area contributed by atoms with Gasteiger partial charge in [-0.25, -0.2) is 0 Å². The van der Waals surface area contributed by atoms with Crippen LogP contribution in [0, 0.1) is 12.3 Å². The highest BCUT2D eigenvalue weighted by Crippen LogP contribution is 2.17. The molecule has 0 radical (unpaired) electrons. The molecule has 2 N–H and O–H groups in total. The average molecular weight is 203 g/mol. The molecule has 0 amide bonds. The van der Waals surface area contributed by atoms with Gasteiger partial charge in [-0.05, 0) is 31.0 Å². The number of unbranched alkanes of at least 4 members (excludes halogenated alkanes) is 1. The first-order valence-electron chi connectivity index (χ1n) is 5.16. The molecule has 0 aliphatic carbocycles. The van der Waals surface area contributed by atoms with E-state index >= 15 is 0 Å². The van der Waals surface area contributed by atoms with Gasteiger partial charge in [-0.2, -0.15) is 0 Å². The fraction of sp³-hybridized carbons (Fsp3) is 0.385. The Bertz CT molecular complexity index is 339. The minimum atomic E-state index is 0.0410. The van der Waals surface area contributed by atoms with Crippen LogP contribution in [0.2, 0.25) is 0 Å². The molecule has 1 unspecified atom stereocenters. The second-order valence-corrected chi connectivity index (χ2v) is 3.52. The van der Waals surface area contributed by atoms with Gasteiger partial charge in [-0.15, -0.1) is 12.3 Å². The van der Waals surface area contributed by atoms with E-state index in [1.54, 1.807) is 0 Å². The molecule has 0 aromatic heterocycles. The molecule has 0 bridgehead atoms. The first-order valence-corrected chi connectivity index (χ1v) is 5.16. The second-order valence-electron chi connectivity index (χ2n) is 3.52. The molecule has 1 rings (SSSR count). The van der Waals surface area contributed by atoms with Crippen LogP contribution in [0.3, 0.4) is 0 Å². The van der Waals surface area contributed by atoms with Gasteiger partial charge in [0.1, 0.15) is 5.75 Å². The van der Waals surface area contributed by atoms with Crippen LogP contribution in [0.25, 0.3) is 0 Å². The van der Waals surface area contributed by atoms with Crippen LogP contribution in [0.15, 0.2) is 24.3 Å². The number of hydrogen-bond acceptors (Lipinski definition) is 2. The maximum absolute atomic E-state index is 5.78. The highest BCUT2D eigenvalue weighted by Gasteiger charge is 2.00. The minimum Gasteiger partial charge on any atom is -0.494 e. The molecule has 1 aromatic rings. The molecule has 0 heterocycles. The van der Waals surface area contributed by atoms with Crippen molar-refractivity contribution in [2.24, 2.45) is 5.73 Å². The molecule has 1 atom stereocenters. The number of nitrogens with two attached hydrogens (primary N) is 1. The van der Waals surface area contributed by atoms with Crippen LogP contribution in [-0.2, 0) is 0 Å². The predicted octanol–water partition coefficient (Wildman–Crippen LogP) is 2.50. The molecular weight excluding hydrogens is 186 g/mol. The summed E-state index contributed by atoms with van der Waals surface area (Å²) in [6.07, 6.45) is 6.79. The number of rotatable bonds is 5. The van der Waals surface area contributed by atoms with Gasteiger partial charge in [0.05, 0.1) is 6.61 Å². The predicted molar refractivity (Wildman–Crippen MR) is 62.6 cm³/mol. The van der Waals surface area contributed by atoms with Crippen LogP contribution in [0.4, 0.5) is 0 Å². The van der Waals surface area contributed by atoms with Crippen LogP contribution >= 0.6 is 0 Å². The maximum atomic E-state index is 5.78. The summed E-state index contributed by atoms with van der Waals surface area (Å²) in [4.78, 5) is 0. The molecule has 15 heavy (non-hydrogen) atoms. The Morgan fingerprint density at radius 3 is 3.00 bits per heavy atom. The van der Waals surface area contributed by atoms with Crippen LogP contribution in [-0.4, -0.2) is 6.61 Å². The fourth-order valence-electron chi connectivity index (χ4n) is 1.25. The van der Waals surface area contributed by atoms with Crippen LogP contribution < -0.4 is 10.5 Å². The largest absolute Gasteiger partial charge is 0.494 e. The molecule has 2 heteroatoms. The van der Waals surface area contributed by atoms with Crippen molar-refractivity contribution in [2.75, 3.05) is 6.61 Å². The van der Waals surface area contributed by atoms with E-state index < -0.39 is 0 Å². The Labute approximate surface area is 91.4 Å². The van der Waals surface area contributed by atoms with Crippen molar-refractivity contribution in [1.29, 1.82) is 0 Å². The first-order chi connectivity index (χ1) is 7.24. The number of benzene rings is 1. The SMILES string of the molecule is C#CCCCOc1cccc(C(C)N)c1. The third-order valence-electron chi connectivity index (χ3n) is 2.12. The molecule has 0 aliphatic heterocycles. The van der Waals surface area contributed by atoms with Gasteiger partial charge in [-0.3, -0.25) is 0 Å². The first kappa shape index (κ1) is 11.6. The highest BCUT2D eigenvalue weighted by atomic mass is 16.5. The van der Waals surface area contributed by atoms with Gasteiger partial charge in [-0.1, -0.05) is 12.1 Å². The fourth-order valence-corrected chi connectivity index (χ4v) is 1.25. The zero-order chi connectivity index (χ0) is 11.1. The third-order valence-corrected chi connectivity index (χ3v) is 2.12. The maximum Gasteiger partial charge on any atom is 0.119 e. The smallest absolute Gasteiger partial charge is 0.119 e. The number of terminal acetylenes is 1. The van der Waals surface area contributed by atoms with E-state index in [-0.39, 0.29) is 6.04 Å². The van der Waals surface area contributed by atoms with Crippen molar-refractivity contribution >= 4 is 0 Å². The van der Waals surface area contributed by atoms with Gasteiger partial charge < -0.3 is 10.5 Å². The van der Waals surface area contributed by atoms with Gasteiger partial charge in [0.2, 0.25) is 0 Å². The minimum absolute atomic E-state index is 0.0410. The summed E-state index contributed by atoms with van der Waals surface area (Å²) in [6, 6.07) is 7.90. The lowest BCUT2D eigenvalue weighted by molar-refractivity contribution is 0.312. The summed E-state index contributed by atoms with van der Waals surface area (Å²) in [5.41, 5.74) is 6.86. The van der Waals surface area contributed by atoms with E-state index in [4.69, 9.17) is 16.9 Å². The lowest BCUT2D eigenvalue weighted by atomic mass is 10.1. The quantitative estimate of drug-likeness (QED) is 0.589. The van der Waals surface area contributed by atoms with Crippen molar-refractivity contribution in [2.45, 2.75) is 25.8 Å². The summed E-state index contributed by atoms with van der Waals surface area (Å²) in [7, 11) is 0. The summed E-state index contributed by atoms with van der Waals surface area (Å²) in [5.74, 6) is 3.45. The van der Waals surface area contributed by atoms with Crippen LogP contribution in [0.1, 0.15) is 31.4 Å². The van der Waals surface area contributed by atoms with E-state index in [2.05, 4.69) is 5.92 Å². The van der Waals surface area contributed by atoms with Crippen molar-refractivity contribution in [3.05, 3.63) is 29.8 Å². The Balaban J connectivity index is 2.48. The monoisotopic (exact) mass is 203 g/mol. The molecular formula is C13H17NO. The average Bonchev–Trinajstić information content (AvgIpc) is 2.25. The van der Waals surface area contributed by atoms with E-state index in [0.29, 0.717) is 6.61 Å². The molecule has 0 saturated carbocycles. The van der Waals surface area contributed by atoms with Gasteiger partial charge in [0.15, 0.2) is 0 Å². The van der Waals surface area contributed by atoms with Crippen molar-refractivity contribution in [1.82, 2.24) is 0 Å². The lowest BCUT2D eigenvalue weighted by Crippen LogP contribution is -2.05. The Hall–Kier alpha value is -1.46. The third kappa shape index (κ3) is 4.05. The van der Waals surface area contributed by atoms with Crippen molar-refractivity contribution in [3.8, 4) is 18.1 Å². The topological polar surface area (TPSA) is 35.2 Å². The Kier molecular flexibility index (Phi) is 4.73. The van der Waals surface area contributed by atoms with Gasteiger partial charge >= 0.3 is 0 Å². The Morgan fingerprint density at radius 1 is 1.53 bits per heavy atom. The zero-order valence-electron chi connectivity index (χ0n) is 9.07. The Morgan fingerprint density at radius 2 is 2.33 bits per heavy atom. The summed E-state index contributed by atoms with van der Waals surface area (Å²) >= 11 is 0. The standard InChI is InChI=1S/C13H17NO/c1-3-4-5-9-15-13-8-6-7-12(10-13)11(2)14/h1,6-8,10-11H,4-5,9,14H2,2H3. The molecule has 0 aliphatic rings. The molecule has 2 nitrogen and oxygen atoms in total. The van der Waals surface area contributed by atoms with E-state index in [1.165, 1.54) is 0 Å². The highest BCUT2D eigenvalue weighted by molar-refractivity contribution is 5.30. The van der Waals surface area contributed by atoms with E-state index in [0.717, 1.165) is 24.2 Å².